The summed E-state index contributed by atoms with van der Waals surface area (Å²) in [6.07, 6.45) is 3.53. The van der Waals surface area contributed by atoms with E-state index in [9.17, 15) is 14.4 Å². The van der Waals surface area contributed by atoms with Crippen molar-refractivity contribution in [3.05, 3.63) is 77.2 Å². The number of amides is 1. The molecule has 1 heterocycles. The lowest BCUT2D eigenvalue weighted by Crippen LogP contribution is -2.22. The minimum Gasteiger partial charge on any atom is -0.344 e. The smallest absolute Gasteiger partial charge is 0.264 e. The molecule has 0 atom stereocenters. The third-order valence-electron chi connectivity index (χ3n) is 4.14. The highest BCUT2D eigenvalue weighted by molar-refractivity contribution is 6.03. The Kier molecular flexibility index (Phi) is 4.85. The molecule has 3 aromatic rings. The maximum absolute atomic E-state index is 13.1. The van der Waals surface area contributed by atoms with Crippen molar-refractivity contribution < 1.29 is 9.18 Å². The highest BCUT2D eigenvalue weighted by atomic mass is 19.1. The van der Waals surface area contributed by atoms with Gasteiger partial charge in [-0.1, -0.05) is 30.3 Å². The summed E-state index contributed by atoms with van der Waals surface area (Å²) in [5, 5.41) is 10.3. The number of carbonyl (C=O) groups is 1. The average molecular weight is 347 g/mol. The van der Waals surface area contributed by atoms with Crippen LogP contribution in [0.3, 0.4) is 0 Å². The van der Waals surface area contributed by atoms with Crippen molar-refractivity contribution in [2.24, 2.45) is 0 Å². The van der Waals surface area contributed by atoms with Crippen LogP contribution in [0.5, 0.6) is 0 Å². The molecular formula is C21H18FN3O. The van der Waals surface area contributed by atoms with Crippen molar-refractivity contribution in [2.45, 2.75) is 6.54 Å². The van der Waals surface area contributed by atoms with E-state index in [0.29, 0.717) is 6.54 Å². The molecule has 0 spiro atoms. The number of hydrogen-bond acceptors (Lipinski definition) is 2. The third kappa shape index (κ3) is 3.50. The molecule has 5 heteroatoms. The minimum absolute atomic E-state index is 0.0830. The van der Waals surface area contributed by atoms with Crippen LogP contribution in [-0.2, 0) is 11.3 Å². The number of aromatic nitrogens is 1. The number of rotatable bonds is 4. The Morgan fingerprint density at radius 3 is 2.54 bits per heavy atom. The van der Waals surface area contributed by atoms with E-state index >= 15 is 0 Å². The zero-order valence-corrected chi connectivity index (χ0v) is 14.6. The molecule has 130 valence electrons. The molecule has 1 aromatic heterocycles. The Balaban J connectivity index is 2.06. The molecule has 26 heavy (non-hydrogen) atoms. The Hall–Kier alpha value is -3.39. The van der Waals surface area contributed by atoms with Gasteiger partial charge in [0.2, 0.25) is 0 Å². The van der Waals surface area contributed by atoms with Crippen molar-refractivity contribution in [3.8, 4) is 6.07 Å². The first-order chi connectivity index (χ1) is 12.5. The van der Waals surface area contributed by atoms with Gasteiger partial charge in [-0.2, -0.15) is 5.26 Å². The summed E-state index contributed by atoms with van der Waals surface area (Å²) < 4.78 is 15.2. The topological polar surface area (TPSA) is 49.0 Å². The van der Waals surface area contributed by atoms with Crippen LogP contribution in [0.2, 0.25) is 0 Å². The van der Waals surface area contributed by atoms with Crippen molar-refractivity contribution in [1.82, 2.24) is 9.47 Å². The summed E-state index contributed by atoms with van der Waals surface area (Å²) in [5.41, 5.74) is 2.83. The lowest BCUT2D eigenvalue weighted by molar-refractivity contribution is -0.124. The Labute approximate surface area is 151 Å². The number of carbonyl (C=O) groups excluding carboxylic acids is 1. The number of halogens is 1. The fraction of sp³-hybridized carbons (Fsp3) is 0.143. The van der Waals surface area contributed by atoms with Gasteiger partial charge in [-0.3, -0.25) is 4.79 Å². The fourth-order valence-corrected chi connectivity index (χ4v) is 2.85. The van der Waals surface area contributed by atoms with Crippen LogP contribution in [0.1, 0.15) is 11.1 Å². The summed E-state index contributed by atoms with van der Waals surface area (Å²) in [5.74, 6) is -0.599. The van der Waals surface area contributed by atoms with Crippen molar-refractivity contribution in [1.29, 1.82) is 5.26 Å². The van der Waals surface area contributed by atoms with Gasteiger partial charge in [0, 0.05) is 43.3 Å². The van der Waals surface area contributed by atoms with Crippen molar-refractivity contribution in [2.75, 3.05) is 14.1 Å². The quantitative estimate of drug-likeness (QED) is 0.532. The molecule has 4 nitrogen and oxygen atoms in total. The first-order valence-electron chi connectivity index (χ1n) is 8.15. The lowest BCUT2D eigenvalue weighted by atomic mass is 10.1. The van der Waals surface area contributed by atoms with Crippen molar-refractivity contribution in [3.63, 3.8) is 0 Å². The summed E-state index contributed by atoms with van der Waals surface area (Å²) >= 11 is 0. The molecule has 0 aliphatic carbocycles. The van der Waals surface area contributed by atoms with Gasteiger partial charge < -0.3 is 9.47 Å². The molecule has 0 radical (unpaired) electrons. The SMILES string of the molecule is CN(C)C(=O)/C(C#N)=C\c1cn(Cc2ccc(F)cc2)c2ccccc12. The van der Waals surface area contributed by atoms with E-state index in [1.165, 1.54) is 17.0 Å². The second-order valence-corrected chi connectivity index (χ2v) is 6.23. The van der Waals surface area contributed by atoms with Gasteiger partial charge in [-0.25, -0.2) is 4.39 Å². The highest BCUT2D eigenvalue weighted by Gasteiger charge is 2.14. The molecule has 0 fully saturated rings. The monoisotopic (exact) mass is 347 g/mol. The number of likely N-dealkylation sites (N-methyl/N-ethyl adjacent to an activating group) is 1. The van der Waals surface area contributed by atoms with E-state index in [1.807, 2.05) is 41.1 Å². The van der Waals surface area contributed by atoms with Gasteiger partial charge >= 0.3 is 0 Å². The molecule has 2 aromatic carbocycles. The highest BCUT2D eigenvalue weighted by Crippen LogP contribution is 2.25. The molecule has 0 unspecified atom stereocenters. The van der Waals surface area contributed by atoms with Crippen LogP contribution in [0.25, 0.3) is 17.0 Å². The minimum atomic E-state index is -0.331. The van der Waals surface area contributed by atoms with Crippen LogP contribution >= 0.6 is 0 Å². The average Bonchev–Trinajstić information content (AvgIpc) is 2.98. The summed E-state index contributed by atoms with van der Waals surface area (Å²) in [6, 6.07) is 16.1. The first kappa shape index (κ1) is 17.4. The predicted molar refractivity (Wildman–Crippen MR) is 99.7 cm³/mol. The molecule has 0 saturated carbocycles. The van der Waals surface area contributed by atoms with Gasteiger partial charge in [0.15, 0.2) is 0 Å². The van der Waals surface area contributed by atoms with Gasteiger partial charge in [0.1, 0.15) is 17.5 Å². The first-order valence-corrected chi connectivity index (χ1v) is 8.15. The lowest BCUT2D eigenvalue weighted by Gasteiger charge is -2.08. The zero-order chi connectivity index (χ0) is 18.7. The van der Waals surface area contributed by atoms with Gasteiger partial charge in [-0.05, 0) is 29.8 Å². The molecule has 0 N–H and O–H groups in total. The summed E-state index contributed by atoms with van der Waals surface area (Å²) in [7, 11) is 3.23. The summed E-state index contributed by atoms with van der Waals surface area (Å²) in [6.45, 7) is 0.568. The van der Waals surface area contributed by atoms with Crippen molar-refractivity contribution >= 4 is 22.9 Å². The maximum atomic E-state index is 13.1. The van der Waals surface area contributed by atoms with E-state index < -0.39 is 0 Å². The standard InChI is InChI=1S/C21H18FN3O/c1-24(2)21(26)16(12-23)11-17-14-25(20-6-4-3-5-19(17)20)13-15-7-9-18(22)10-8-15/h3-11,14H,13H2,1-2H3/b16-11-. The predicted octanol–water partition coefficient (Wildman–Crippen LogP) is 3.82. The van der Waals surface area contributed by atoms with Gasteiger partial charge in [-0.15, -0.1) is 0 Å². The second kappa shape index (κ2) is 7.24. The largest absolute Gasteiger partial charge is 0.344 e. The number of hydrogen-bond donors (Lipinski definition) is 0. The van der Waals surface area contributed by atoms with Crippen LogP contribution in [0.4, 0.5) is 4.39 Å². The number of para-hydroxylation sites is 1. The number of nitrogens with zero attached hydrogens (tertiary/aromatic N) is 3. The van der Waals surface area contributed by atoms with Crippen LogP contribution < -0.4 is 0 Å². The van der Waals surface area contributed by atoms with Gasteiger partial charge in [0.25, 0.3) is 5.91 Å². The van der Waals surface area contributed by atoms with Crippen LogP contribution in [0, 0.1) is 17.1 Å². The number of fused-ring (bicyclic) bond motifs is 1. The fourth-order valence-electron chi connectivity index (χ4n) is 2.85. The van der Waals surface area contributed by atoms with E-state index in [2.05, 4.69) is 0 Å². The zero-order valence-electron chi connectivity index (χ0n) is 14.6. The molecule has 3 rings (SSSR count). The molecule has 1 amide bonds. The Morgan fingerprint density at radius 1 is 1.19 bits per heavy atom. The van der Waals surface area contributed by atoms with Crippen LogP contribution in [0.15, 0.2) is 60.3 Å². The maximum Gasteiger partial charge on any atom is 0.264 e. The normalized spacial score (nSPS) is 11.4. The summed E-state index contributed by atoms with van der Waals surface area (Å²) in [4.78, 5) is 13.5. The molecule has 0 bridgehead atoms. The molecular weight excluding hydrogens is 329 g/mol. The second-order valence-electron chi connectivity index (χ2n) is 6.23. The van der Waals surface area contributed by atoms with E-state index in [4.69, 9.17) is 0 Å². The molecule has 0 aliphatic rings. The number of nitriles is 1. The third-order valence-corrected chi connectivity index (χ3v) is 4.14. The number of benzene rings is 2. The molecule has 0 aliphatic heterocycles. The van der Waals surface area contributed by atoms with E-state index in [0.717, 1.165) is 22.0 Å². The van der Waals surface area contributed by atoms with Crippen LogP contribution in [-0.4, -0.2) is 29.5 Å². The molecule has 0 saturated heterocycles. The van der Waals surface area contributed by atoms with E-state index in [-0.39, 0.29) is 17.3 Å². The van der Waals surface area contributed by atoms with E-state index in [1.54, 1.807) is 32.3 Å². The Bertz CT molecular complexity index is 1020. The Morgan fingerprint density at radius 2 is 1.88 bits per heavy atom. The van der Waals surface area contributed by atoms with Gasteiger partial charge in [0.05, 0.1) is 0 Å².